The Hall–Kier alpha value is -0.0600. The van der Waals surface area contributed by atoms with Crippen LogP contribution < -0.4 is 5.32 Å². The van der Waals surface area contributed by atoms with Gasteiger partial charge in [0, 0.05) is 9.80 Å². The van der Waals surface area contributed by atoms with Crippen LogP contribution in [0.3, 0.4) is 0 Å². The summed E-state index contributed by atoms with van der Waals surface area (Å²) < 4.78 is 0.744. The first-order valence-electron chi connectivity index (χ1n) is 5.40. The first-order valence-corrected chi connectivity index (χ1v) is 7.70. The molecule has 1 aliphatic rings. The molecule has 2 nitrogen and oxygen atoms in total. The van der Waals surface area contributed by atoms with Gasteiger partial charge in [0.15, 0.2) is 0 Å². The molecule has 1 aliphatic carbocycles. The smallest absolute Gasteiger partial charge is 0.253 e. The Morgan fingerprint density at radius 3 is 2.71 bits per heavy atom. The minimum atomic E-state index is -0.101. The van der Waals surface area contributed by atoms with Crippen molar-refractivity contribution in [3.63, 3.8) is 0 Å². The van der Waals surface area contributed by atoms with Crippen LogP contribution in [-0.2, 0) is 0 Å². The van der Waals surface area contributed by atoms with Crippen molar-refractivity contribution in [3.05, 3.63) is 33.3 Å². The molecule has 0 spiro atoms. The fourth-order valence-electron chi connectivity index (χ4n) is 1.88. The Morgan fingerprint density at radius 1 is 1.47 bits per heavy atom. The number of hydrogen-bond acceptors (Lipinski definition) is 1. The standard InChI is InChI=1S/C12H12Br2ClNO/c13-7-12(5-2-6-12)16-11(17)8-3-1-4-9(14)10(8)15/h1,3-4H,2,5-7H2,(H,16,17). The van der Waals surface area contributed by atoms with E-state index in [2.05, 4.69) is 37.2 Å². The van der Waals surface area contributed by atoms with Crippen molar-refractivity contribution in [2.45, 2.75) is 24.8 Å². The molecule has 92 valence electrons. The number of carbonyl (C=O) groups excluding carboxylic acids is 1. The maximum absolute atomic E-state index is 12.1. The number of amides is 1. The lowest BCUT2D eigenvalue weighted by Gasteiger charge is -2.41. The van der Waals surface area contributed by atoms with E-state index in [1.165, 1.54) is 0 Å². The molecular weight excluding hydrogens is 369 g/mol. The van der Waals surface area contributed by atoms with E-state index in [0.29, 0.717) is 10.6 Å². The Balaban J connectivity index is 2.17. The average Bonchev–Trinajstić information content (AvgIpc) is 2.27. The van der Waals surface area contributed by atoms with Gasteiger partial charge in [0.2, 0.25) is 0 Å². The van der Waals surface area contributed by atoms with Crippen molar-refractivity contribution in [1.29, 1.82) is 0 Å². The molecule has 0 aromatic heterocycles. The Morgan fingerprint density at radius 2 is 2.18 bits per heavy atom. The fourth-order valence-corrected chi connectivity index (χ4v) is 3.16. The van der Waals surface area contributed by atoms with Gasteiger partial charge in [0.1, 0.15) is 0 Å². The van der Waals surface area contributed by atoms with Gasteiger partial charge in [-0.1, -0.05) is 33.6 Å². The van der Waals surface area contributed by atoms with Crippen LogP contribution in [0, 0.1) is 0 Å². The van der Waals surface area contributed by atoms with Crippen molar-refractivity contribution in [1.82, 2.24) is 5.32 Å². The molecule has 1 saturated carbocycles. The van der Waals surface area contributed by atoms with E-state index >= 15 is 0 Å². The highest BCUT2D eigenvalue weighted by molar-refractivity contribution is 9.10. The van der Waals surface area contributed by atoms with Crippen molar-refractivity contribution in [3.8, 4) is 0 Å². The van der Waals surface area contributed by atoms with Crippen LogP contribution in [0.1, 0.15) is 29.6 Å². The summed E-state index contributed by atoms with van der Waals surface area (Å²) in [4.78, 5) is 12.1. The molecule has 0 aliphatic heterocycles. The van der Waals surface area contributed by atoms with Gasteiger partial charge in [-0.05, 0) is 47.3 Å². The summed E-state index contributed by atoms with van der Waals surface area (Å²) in [5.74, 6) is -0.101. The zero-order valence-electron chi connectivity index (χ0n) is 9.10. The van der Waals surface area contributed by atoms with Crippen molar-refractivity contribution in [2.75, 3.05) is 5.33 Å². The van der Waals surface area contributed by atoms with Crippen molar-refractivity contribution >= 4 is 49.4 Å². The minimum Gasteiger partial charge on any atom is -0.346 e. The molecule has 1 fully saturated rings. The highest BCUT2D eigenvalue weighted by Crippen LogP contribution is 2.34. The molecule has 0 unspecified atom stereocenters. The van der Waals surface area contributed by atoms with Gasteiger partial charge in [-0.3, -0.25) is 4.79 Å². The van der Waals surface area contributed by atoms with E-state index in [4.69, 9.17) is 11.6 Å². The first-order chi connectivity index (χ1) is 8.08. The van der Waals surface area contributed by atoms with E-state index in [1.807, 2.05) is 12.1 Å². The lowest BCUT2D eigenvalue weighted by atomic mass is 9.78. The topological polar surface area (TPSA) is 29.1 Å². The SMILES string of the molecule is O=C(NC1(CBr)CCC1)c1cccc(Br)c1Cl. The highest BCUT2D eigenvalue weighted by Gasteiger charge is 2.37. The Labute approximate surface area is 122 Å². The second-order valence-electron chi connectivity index (χ2n) is 4.32. The maximum Gasteiger partial charge on any atom is 0.253 e. The number of halogens is 3. The van der Waals surface area contributed by atoms with Crippen LogP contribution in [0.25, 0.3) is 0 Å². The normalized spacial score (nSPS) is 17.4. The molecule has 0 bridgehead atoms. The molecule has 1 N–H and O–H groups in total. The molecule has 5 heteroatoms. The number of benzene rings is 1. The third kappa shape index (κ3) is 2.69. The number of alkyl halides is 1. The van der Waals surface area contributed by atoms with E-state index in [9.17, 15) is 4.79 Å². The Kier molecular flexibility index (Phi) is 4.16. The molecule has 0 radical (unpaired) electrons. The number of carbonyl (C=O) groups is 1. The monoisotopic (exact) mass is 379 g/mol. The number of nitrogens with one attached hydrogen (secondary N) is 1. The molecule has 17 heavy (non-hydrogen) atoms. The molecule has 2 rings (SSSR count). The summed E-state index contributed by atoms with van der Waals surface area (Å²) in [5, 5.41) is 4.33. The van der Waals surface area contributed by atoms with Crippen LogP contribution in [0.2, 0.25) is 5.02 Å². The van der Waals surface area contributed by atoms with E-state index < -0.39 is 0 Å². The molecule has 1 aromatic rings. The fraction of sp³-hybridized carbons (Fsp3) is 0.417. The molecule has 1 amide bonds. The van der Waals surface area contributed by atoms with Crippen molar-refractivity contribution < 1.29 is 4.79 Å². The maximum atomic E-state index is 12.1. The number of rotatable bonds is 3. The second-order valence-corrected chi connectivity index (χ2v) is 6.12. The molecule has 0 atom stereocenters. The zero-order chi connectivity index (χ0) is 12.5. The quantitative estimate of drug-likeness (QED) is 0.783. The summed E-state index contributed by atoms with van der Waals surface area (Å²) >= 11 is 12.9. The van der Waals surface area contributed by atoms with Crippen molar-refractivity contribution in [2.24, 2.45) is 0 Å². The van der Waals surface area contributed by atoms with Gasteiger partial charge >= 0.3 is 0 Å². The molecule has 0 saturated heterocycles. The lowest BCUT2D eigenvalue weighted by molar-refractivity contribution is 0.0856. The van der Waals surface area contributed by atoms with Gasteiger partial charge in [0.05, 0.1) is 16.1 Å². The highest BCUT2D eigenvalue weighted by atomic mass is 79.9. The first kappa shape index (κ1) is 13.4. The van der Waals surface area contributed by atoms with Crippen LogP contribution in [-0.4, -0.2) is 16.8 Å². The minimum absolute atomic E-state index is 0.0806. The summed E-state index contributed by atoms with van der Waals surface area (Å²) in [7, 11) is 0. The van der Waals surface area contributed by atoms with Gasteiger partial charge in [-0.2, -0.15) is 0 Å². The van der Waals surface area contributed by atoms with E-state index in [1.54, 1.807) is 6.07 Å². The average molecular weight is 381 g/mol. The zero-order valence-corrected chi connectivity index (χ0v) is 13.0. The van der Waals surface area contributed by atoms with Gasteiger partial charge in [-0.15, -0.1) is 0 Å². The van der Waals surface area contributed by atoms with Crippen LogP contribution in [0.5, 0.6) is 0 Å². The predicted octanol–water partition coefficient (Wildman–Crippen LogP) is 4.15. The summed E-state index contributed by atoms with van der Waals surface area (Å²) in [6.45, 7) is 0. The molecule has 0 heterocycles. The summed E-state index contributed by atoms with van der Waals surface area (Å²) in [5.41, 5.74) is 0.441. The van der Waals surface area contributed by atoms with Crippen LogP contribution in [0.4, 0.5) is 0 Å². The summed E-state index contributed by atoms with van der Waals surface area (Å²) in [6.07, 6.45) is 3.21. The van der Waals surface area contributed by atoms with Gasteiger partial charge < -0.3 is 5.32 Å². The van der Waals surface area contributed by atoms with Crippen LogP contribution >= 0.6 is 43.5 Å². The predicted molar refractivity (Wildman–Crippen MR) is 77.0 cm³/mol. The van der Waals surface area contributed by atoms with Gasteiger partial charge in [-0.25, -0.2) is 0 Å². The van der Waals surface area contributed by atoms with Gasteiger partial charge in [0.25, 0.3) is 5.91 Å². The second kappa shape index (κ2) is 5.29. The van der Waals surface area contributed by atoms with Crippen LogP contribution in [0.15, 0.2) is 22.7 Å². The largest absolute Gasteiger partial charge is 0.346 e. The number of hydrogen-bond donors (Lipinski definition) is 1. The lowest BCUT2D eigenvalue weighted by Crippen LogP contribution is -2.54. The Bertz CT molecular complexity index is 441. The van der Waals surface area contributed by atoms with E-state index in [-0.39, 0.29) is 11.4 Å². The molecule has 1 aromatic carbocycles. The summed E-state index contributed by atoms with van der Waals surface area (Å²) in [6, 6.07) is 5.37. The third-order valence-electron chi connectivity index (χ3n) is 3.14. The van der Waals surface area contributed by atoms with E-state index in [0.717, 1.165) is 29.1 Å². The third-order valence-corrected chi connectivity index (χ3v) is 5.51. The molecular formula is C12H12Br2ClNO.